The van der Waals surface area contributed by atoms with E-state index in [4.69, 9.17) is 14.5 Å². The van der Waals surface area contributed by atoms with E-state index in [0.29, 0.717) is 24.0 Å². The molecule has 176 valence electrons. The third-order valence-electron chi connectivity index (χ3n) is 6.62. The lowest BCUT2D eigenvalue weighted by molar-refractivity contribution is 0.218. The average Bonchev–Trinajstić information content (AvgIpc) is 3.18. The van der Waals surface area contributed by atoms with Crippen molar-refractivity contribution in [3.05, 3.63) is 75.2 Å². The van der Waals surface area contributed by atoms with E-state index in [-0.39, 0.29) is 5.41 Å². The first-order chi connectivity index (χ1) is 16.3. The predicted octanol–water partition coefficient (Wildman–Crippen LogP) is 7.42. The highest BCUT2D eigenvalue weighted by atomic mass is 32.1. The van der Waals surface area contributed by atoms with Crippen molar-refractivity contribution < 1.29 is 9.47 Å². The van der Waals surface area contributed by atoms with E-state index >= 15 is 0 Å². The van der Waals surface area contributed by atoms with Gasteiger partial charge < -0.3 is 9.47 Å². The molecular formula is C29H32N2O2S. The number of nitriles is 1. The van der Waals surface area contributed by atoms with Gasteiger partial charge in [-0.2, -0.15) is 5.26 Å². The summed E-state index contributed by atoms with van der Waals surface area (Å²) in [5.41, 5.74) is 5.47. The summed E-state index contributed by atoms with van der Waals surface area (Å²) in [4.78, 5) is 6.05. The maximum Gasteiger partial charge on any atom is 0.161 e. The Morgan fingerprint density at radius 2 is 1.91 bits per heavy atom. The van der Waals surface area contributed by atoms with Crippen molar-refractivity contribution in [1.29, 1.82) is 5.26 Å². The minimum atomic E-state index is 0.276. The molecule has 0 unspecified atom stereocenters. The molecule has 1 aliphatic carbocycles. The zero-order chi connectivity index (χ0) is 24.3. The fourth-order valence-electron chi connectivity index (χ4n) is 4.38. The van der Waals surface area contributed by atoms with Crippen LogP contribution in [0.2, 0.25) is 0 Å². The minimum Gasteiger partial charge on any atom is -0.493 e. The topological polar surface area (TPSA) is 54.6 Å². The van der Waals surface area contributed by atoms with E-state index in [0.717, 1.165) is 41.0 Å². The first-order valence-electron chi connectivity index (χ1n) is 11.7. The van der Waals surface area contributed by atoms with Crippen LogP contribution in [0.25, 0.3) is 0 Å². The van der Waals surface area contributed by atoms with Gasteiger partial charge in [0.25, 0.3) is 0 Å². The number of thiophene rings is 1. The minimum absolute atomic E-state index is 0.276. The number of methoxy groups -OCH3 is 1. The second kappa shape index (κ2) is 10.0. The predicted molar refractivity (Wildman–Crippen MR) is 140 cm³/mol. The normalized spacial score (nSPS) is 15.7. The van der Waals surface area contributed by atoms with E-state index in [9.17, 15) is 5.26 Å². The first-order valence-corrected chi connectivity index (χ1v) is 12.5. The zero-order valence-corrected chi connectivity index (χ0v) is 21.5. The third-order valence-corrected chi connectivity index (χ3v) is 7.78. The molecule has 0 fully saturated rings. The van der Waals surface area contributed by atoms with Crippen LogP contribution in [-0.4, -0.2) is 13.3 Å². The number of hydrogen-bond acceptors (Lipinski definition) is 5. The number of aryl methyl sites for hydroxylation is 1. The Bertz CT molecular complexity index is 1230. The Morgan fingerprint density at radius 3 is 2.59 bits per heavy atom. The van der Waals surface area contributed by atoms with E-state index in [1.807, 2.05) is 24.4 Å². The standard InChI is InChI=1S/C29H32N2O2S/c1-19-6-8-20(9-7-19)18-33-25-13-10-21(14-26(25)32-5)17-31-28-24(16-30)23-12-11-22(29(2,3)4)15-27(23)34-28/h6-10,13-14,17,22H,11-12,15,18H2,1-5H3/t22-/m1/s1. The van der Waals surface area contributed by atoms with Crippen molar-refractivity contribution in [2.75, 3.05) is 7.11 Å². The molecule has 1 aromatic heterocycles. The number of ether oxygens (including phenoxy) is 2. The lowest BCUT2D eigenvalue weighted by Gasteiger charge is -2.33. The molecule has 4 nitrogen and oxygen atoms in total. The van der Waals surface area contributed by atoms with Gasteiger partial charge in [-0.15, -0.1) is 11.3 Å². The van der Waals surface area contributed by atoms with Crippen LogP contribution in [0.15, 0.2) is 47.5 Å². The van der Waals surface area contributed by atoms with Gasteiger partial charge in [0.05, 0.1) is 12.7 Å². The van der Waals surface area contributed by atoms with Crippen molar-refractivity contribution >= 4 is 22.6 Å². The number of aliphatic imine (C=N–C) groups is 1. The molecule has 0 amide bonds. The van der Waals surface area contributed by atoms with Crippen LogP contribution in [0.1, 0.15) is 59.9 Å². The molecule has 0 radical (unpaired) electrons. The highest BCUT2D eigenvalue weighted by Gasteiger charge is 2.32. The summed E-state index contributed by atoms with van der Waals surface area (Å²) in [6.07, 6.45) is 4.94. The molecule has 0 saturated heterocycles. The highest BCUT2D eigenvalue weighted by Crippen LogP contribution is 2.45. The van der Waals surface area contributed by atoms with Crippen molar-refractivity contribution in [3.63, 3.8) is 0 Å². The Hall–Kier alpha value is -3.10. The monoisotopic (exact) mass is 472 g/mol. The van der Waals surface area contributed by atoms with Gasteiger partial charge in [0.15, 0.2) is 11.5 Å². The molecule has 34 heavy (non-hydrogen) atoms. The van der Waals surface area contributed by atoms with Crippen LogP contribution in [-0.2, 0) is 19.4 Å². The van der Waals surface area contributed by atoms with Crippen molar-refractivity contribution in [2.45, 2.75) is 53.6 Å². The van der Waals surface area contributed by atoms with Crippen LogP contribution < -0.4 is 9.47 Å². The molecule has 5 heteroatoms. The lowest BCUT2D eigenvalue weighted by atomic mass is 9.72. The maximum atomic E-state index is 9.82. The summed E-state index contributed by atoms with van der Waals surface area (Å²) in [7, 11) is 1.64. The Kier molecular flexibility index (Phi) is 7.09. The van der Waals surface area contributed by atoms with Crippen molar-refractivity contribution in [2.24, 2.45) is 16.3 Å². The van der Waals surface area contributed by atoms with E-state index in [1.54, 1.807) is 18.4 Å². The number of rotatable bonds is 6. The molecule has 0 bridgehead atoms. The molecule has 1 aliphatic rings. The second-order valence-electron chi connectivity index (χ2n) is 10.0. The van der Waals surface area contributed by atoms with Gasteiger partial charge in [-0.1, -0.05) is 50.6 Å². The fourth-order valence-corrected chi connectivity index (χ4v) is 5.60. The summed E-state index contributed by atoms with van der Waals surface area (Å²) >= 11 is 1.67. The molecular weight excluding hydrogens is 440 g/mol. The molecule has 0 N–H and O–H groups in total. The van der Waals surface area contributed by atoms with Gasteiger partial charge in [0.2, 0.25) is 0 Å². The van der Waals surface area contributed by atoms with E-state index in [1.165, 1.54) is 16.0 Å². The van der Waals surface area contributed by atoms with Crippen molar-refractivity contribution in [3.8, 4) is 17.6 Å². The molecule has 0 spiro atoms. The van der Waals surface area contributed by atoms with E-state index in [2.05, 4.69) is 58.0 Å². The molecule has 2 aromatic carbocycles. The zero-order valence-electron chi connectivity index (χ0n) is 20.6. The summed E-state index contributed by atoms with van der Waals surface area (Å²) in [5, 5.41) is 10.6. The largest absolute Gasteiger partial charge is 0.493 e. The fraction of sp³-hybridized carbons (Fsp3) is 0.379. The molecule has 1 atom stereocenters. The Balaban J connectivity index is 1.51. The molecule has 0 saturated carbocycles. The first kappa shape index (κ1) is 24.0. The summed E-state index contributed by atoms with van der Waals surface area (Å²) in [6.45, 7) is 9.47. The summed E-state index contributed by atoms with van der Waals surface area (Å²) < 4.78 is 11.6. The molecule has 3 aromatic rings. The Morgan fingerprint density at radius 1 is 1.15 bits per heavy atom. The highest BCUT2D eigenvalue weighted by molar-refractivity contribution is 7.16. The Labute approximate surface area is 206 Å². The SMILES string of the molecule is COc1cc(C=Nc2sc3c(c2C#N)CC[C@@H](C(C)(C)C)C3)ccc1OCc1ccc(C)cc1. The summed E-state index contributed by atoms with van der Waals surface area (Å²) in [6, 6.07) is 16.5. The molecule has 1 heterocycles. The van der Waals surface area contributed by atoms with Crippen LogP contribution in [0.4, 0.5) is 5.00 Å². The van der Waals surface area contributed by atoms with E-state index < -0.39 is 0 Å². The second-order valence-corrected chi connectivity index (χ2v) is 11.1. The number of fused-ring (bicyclic) bond motifs is 1. The number of benzene rings is 2. The maximum absolute atomic E-state index is 9.82. The van der Waals surface area contributed by atoms with Gasteiger partial charge in [0, 0.05) is 11.1 Å². The smallest absolute Gasteiger partial charge is 0.161 e. The lowest BCUT2D eigenvalue weighted by Crippen LogP contribution is -2.26. The van der Waals surface area contributed by atoms with Crippen LogP contribution in [0, 0.1) is 29.6 Å². The van der Waals surface area contributed by atoms with Gasteiger partial charge in [-0.25, -0.2) is 4.99 Å². The van der Waals surface area contributed by atoms with Crippen LogP contribution >= 0.6 is 11.3 Å². The number of nitrogens with zero attached hydrogens (tertiary/aromatic N) is 2. The van der Waals surface area contributed by atoms with Crippen LogP contribution in [0.5, 0.6) is 11.5 Å². The number of hydrogen-bond donors (Lipinski definition) is 0. The quantitative estimate of drug-likeness (QED) is 0.351. The molecule has 4 rings (SSSR count). The third kappa shape index (κ3) is 5.34. The average molecular weight is 473 g/mol. The molecule has 0 aliphatic heterocycles. The van der Waals surface area contributed by atoms with Crippen molar-refractivity contribution in [1.82, 2.24) is 0 Å². The summed E-state index contributed by atoms with van der Waals surface area (Å²) in [5.74, 6) is 1.99. The van der Waals surface area contributed by atoms with Gasteiger partial charge in [-0.05, 0) is 72.4 Å². The van der Waals surface area contributed by atoms with Gasteiger partial charge in [-0.3, -0.25) is 0 Å². The van der Waals surface area contributed by atoms with Gasteiger partial charge in [0.1, 0.15) is 17.7 Å². The van der Waals surface area contributed by atoms with Gasteiger partial charge >= 0.3 is 0 Å². The van der Waals surface area contributed by atoms with Crippen LogP contribution in [0.3, 0.4) is 0 Å².